The minimum absolute atomic E-state index is 0.537. The molecule has 0 aromatic rings. The van der Waals surface area contributed by atoms with Gasteiger partial charge in [-0.2, -0.15) is 0 Å². The van der Waals surface area contributed by atoms with Crippen molar-refractivity contribution in [1.29, 1.82) is 0 Å². The summed E-state index contributed by atoms with van der Waals surface area (Å²) in [5, 5.41) is 36.4. The molecule has 0 amide bonds. The number of aliphatic hydroxyl groups is 4. The van der Waals surface area contributed by atoms with Gasteiger partial charge in [-0.1, -0.05) is 0 Å². The molecular formula is C7H14O6. The van der Waals surface area contributed by atoms with E-state index in [9.17, 15) is 10.2 Å². The Morgan fingerprint density at radius 3 is 2.38 bits per heavy atom. The van der Waals surface area contributed by atoms with Crippen LogP contribution >= 0.6 is 0 Å². The highest BCUT2D eigenvalue weighted by Crippen LogP contribution is 2.23. The van der Waals surface area contributed by atoms with Crippen LogP contribution in [0.5, 0.6) is 0 Å². The van der Waals surface area contributed by atoms with Crippen molar-refractivity contribution in [2.75, 3.05) is 13.7 Å². The van der Waals surface area contributed by atoms with Crippen LogP contribution in [0.4, 0.5) is 0 Å². The maximum Gasteiger partial charge on any atom is 0.186 e. The fraction of sp³-hybridized carbons (Fsp3) is 1.00. The van der Waals surface area contributed by atoms with Gasteiger partial charge in [0.25, 0.3) is 0 Å². The van der Waals surface area contributed by atoms with E-state index in [1.807, 2.05) is 0 Å². The lowest BCUT2D eigenvalue weighted by Gasteiger charge is -2.18. The summed E-state index contributed by atoms with van der Waals surface area (Å²) in [6, 6.07) is 0. The zero-order chi connectivity index (χ0) is 10.0. The number of methoxy groups -OCH3 is 1. The van der Waals surface area contributed by atoms with Crippen LogP contribution in [0.3, 0.4) is 0 Å². The van der Waals surface area contributed by atoms with Gasteiger partial charge in [-0.3, -0.25) is 0 Å². The van der Waals surface area contributed by atoms with Crippen molar-refractivity contribution in [2.24, 2.45) is 0 Å². The van der Waals surface area contributed by atoms with Crippen molar-refractivity contribution in [2.45, 2.75) is 30.7 Å². The smallest absolute Gasteiger partial charge is 0.186 e. The third kappa shape index (κ3) is 1.98. The lowest BCUT2D eigenvalue weighted by Crippen LogP contribution is -2.40. The molecule has 0 bridgehead atoms. The number of rotatable bonds is 3. The Kier molecular flexibility index (Phi) is 3.60. The molecule has 1 fully saturated rings. The fourth-order valence-electron chi connectivity index (χ4n) is 1.29. The van der Waals surface area contributed by atoms with Gasteiger partial charge in [-0.05, 0) is 0 Å². The van der Waals surface area contributed by atoms with Gasteiger partial charge >= 0.3 is 0 Å². The van der Waals surface area contributed by atoms with Crippen LogP contribution in [0.1, 0.15) is 0 Å². The molecule has 5 atom stereocenters. The van der Waals surface area contributed by atoms with E-state index in [0.29, 0.717) is 0 Å². The Morgan fingerprint density at radius 1 is 1.38 bits per heavy atom. The van der Waals surface area contributed by atoms with Crippen molar-refractivity contribution in [1.82, 2.24) is 0 Å². The second-order valence-electron chi connectivity index (χ2n) is 2.94. The average Bonchev–Trinajstić information content (AvgIpc) is 2.43. The first-order valence-electron chi connectivity index (χ1n) is 3.95. The summed E-state index contributed by atoms with van der Waals surface area (Å²) in [5.74, 6) is 0. The predicted octanol–water partition coefficient (Wildman–Crippen LogP) is -2.57. The molecule has 78 valence electrons. The van der Waals surface area contributed by atoms with Gasteiger partial charge in [0, 0.05) is 7.11 Å². The standard InChI is InChI=1S/C7H14O6/c1-12-7-5(11)4(10)6(13-7)3(9)2-8/h3-11H,2H2,1H3/t3-,4?,5?,6+,7-/m1/s1. The number of hydrogen-bond acceptors (Lipinski definition) is 6. The van der Waals surface area contributed by atoms with Crippen LogP contribution in [0, 0.1) is 0 Å². The highest BCUT2D eigenvalue weighted by molar-refractivity contribution is 4.90. The molecule has 1 rings (SSSR count). The van der Waals surface area contributed by atoms with Crippen LogP contribution in [0.2, 0.25) is 0 Å². The highest BCUT2D eigenvalue weighted by atomic mass is 16.7. The molecule has 4 N–H and O–H groups in total. The molecule has 0 spiro atoms. The molecular weight excluding hydrogens is 180 g/mol. The SMILES string of the molecule is CO[C@@H]1O[C@@H]([C@H](O)CO)C(O)C1O. The normalized spacial score (nSPS) is 42.2. The molecule has 2 unspecified atom stereocenters. The molecule has 1 aliphatic heterocycles. The van der Waals surface area contributed by atoms with Crippen LogP contribution < -0.4 is 0 Å². The zero-order valence-corrected chi connectivity index (χ0v) is 7.20. The maximum atomic E-state index is 9.33. The van der Waals surface area contributed by atoms with E-state index in [2.05, 4.69) is 0 Å². The van der Waals surface area contributed by atoms with E-state index in [4.69, 9.17) is 19.7 Å². The molecule has 0 saturated carbocycles. The fourth-order valence-corrected chi connectivity index (χ4v) is 1.29. The Hall–Kier alpha value is -0.240. The third-order valence-corrected chi connectivity index (χ3v) is 2.06. The minimum atomic E-state index is -1.24. The van der Waals surface area contributed by atoms with E-state index in [1.54, 1.807) is 0 Å². The summed E-state index contributed by atoms with van der Waals surface area (Å²) in [6.07, 6.45) is -5.63. The van der Waals surface area contributed by atoms with E-state index < -0.39 is 37.3 Å². The van der Waals surface area contributed by atoms with Crippen molar-refractivity contribution in [3.8, 4) is 0 Å². The summed E-state index contributed by atoms with van der Waals surface area (Å²) in [7, 11) is 1.31. The van der Waals surface area contributed by atoms with Crippen LogP contribution in [-0.4, -0.2) is 64.8 Å². The summed E-state index contributed by atoms with van der Waals surface area (Å²) in [5.41, 5.74) is 0. The molecule has 1 heterocycles. The second kappa shape index (κ2) is 4.32. The van der Waals surface area contributed by atoms with Crippen molar-refractivity contribution in [3.63, 3.8) is 0 Å². The van der Waals surface area contributed by atoms with Gasteiger partial charge in [-0.25, -0.2) is 0 Å². The minimum Gasteiger partial charge on any atom is -0.394 e. The zero-order valence-electron chi connectivity index (χ0n) is 7.20. The second-order valence-corrected chi connectivity index (χ2v) is 2.94. The van der Waals surface area contributed by atoms with Crippen LogP contribution in [0.25, 0.3) is 0 Å². The van der Waals surface area contributed by atoms with Gasteiger partial charge in [0.1, 0.15) is 24.4 Å². The first-order valence-corrected chi connectivity index (χ1v) is 3.95. The lowest BCUT2D eigenvalue weighted by atomic mass is 10.1. The third-order valence-electron chi connectivity index (χ3n) is 2.06. The summed E-state index contributed by atoms with van der Waals surface area (Å²) in [4.78, 5) is 0. The Bertz CT molecular complexity index is 163. The Balaban J connectivity index is 2.60. The predicted molar refractivity (Wildman–Crippen MR) is 40.8 cm³/mol. The summed E-state index contributed by atoms with van der Waals surface area (Å²) >= 11 is 0. The number of aliphatic hydroxyl groups excluding tert-OH is 4. The summed E-state index contributed by atoms with van der Waals surface area (Å²) in [6.45, 7) is -0.537. The Morgan fingerprint density at radius 2 is 2.00 bits per heavy atom. The molecule has 0 aromatic carbocycles. The lowest BCUT2D eigenvalue weighted by molar-refractivity contribution is -0.166. The topological polar surface area (TPSA) is 99.4 Å². The molecule has 0 radical (unpaired) electrons. The largest absolute Gasteiger partial charge is 0.394 e. The van der Waals surface area contributed by atoms with Gasteiger partial charge in [-0.15, -0.1) is 0 Å². The van der Waals surface area contributed by atoms with Gasteiger partial charge < -0.3 is 29.9 Å². The molecule has 0 aromatic heterocycles. The van der Waals surface area contributed by atoms with E-state index in [0.717, 1.165) is 0 Å². The first kappa shape index (κ1) is 10.8. The van der Waals surface area contributed by atoms with Crippen molar-refractivity contribution < 1.29 is 29.9 Å². The monoisotopic (exact) mass is 194 g/mol. The molecule has 13 heavy (non-hydrogen) atoms. The Labute approximate surface area is 75.3 Å². The molecule has 6 heteroatoms. The van der Waals surface area contributed by atoms with E-state index in [1.165, 1.54) is 7.11 Å². The van der Waals surface area contributed by atoms with Gasteiger partial charge in [0.2, 0.25) is 0 Å². The first-order chi connectivity index (χ1) is 6.11. The van der Waals surface area contributed by atoms with Crippen molar-refractivity contribution >= 4 is 0 Å². The highest BCUT2D eigenvalue weighted by Gasteiger charge is 2.45. The van der Waals surface area contributed by atoms with E-state index in [-0.39, 0.29) is 0 Å². The molecule has 0 aliphatic carbocycles. The van der Waals surface area contributed by atoms with Gasteiger partial charge in [0.15, 0.2) is 6.29 Å². The molecule has 6 nitrogen and oxygen atoms in total. The van der Waals surface area contributed by atoms with Gasteiger partial charge in [0.05, 0.1) is 6.61 Å². The number of ether oxygens (including phenoxy) is 2. The van der Waals surface area contributed by atoms with E-state index >= 15 is 0 Å². The number of hydrogen-bond donors (Lipinski definition) is 4. The molecule has 1 saturated heterocycles. The van der Waals surface area contributed by atoms with Crippen LogP contribution in [0.15, 0.2) is 0 Å². The van der Waals surface area contributed by atoms with Crippen LogP contribution in [-0.2, 0) is 9.47 Å². The average molecular weight is 194 g/mol. The maximum absolute atomic E-state index is 9.33. The quantitative estimate of drug-likeness (QED) is 0.394. The molecule has 1 aliphatic rings. The van der Waals surface area contributed by atoms with Crippen molar-refractivity contribution in [3.05, 3.63) is 0 Å². The summed E-state index contributed by atoms with van der Waals surface area (Å²) < 4.78 is 9.65.